The number of anilines is 1. The van der Waals surface area contributed by atoms with Crippen molar-refractivity contribution in [2.24, 2.45) is 0 Å². The van der Waals surface area contributed by atoms with Gasteiger partial charge < -0.3 is 10.7 Å². The van der Waals surface area contributed by atoms with Crippen LogP contribution in [0.4, 0.5) is 10.1 Å². The van der Waals surface area contributed by atoms with Crippen LogP contribution in [0.25, 0.3) is 11.0 Å². The van der Waals surface area contributed by atoms with E-state index in [0.717, 1.165) is 11.3 Å². The summed E-state index contributed by atoms with van der Waals surface area (Å²) >= 11 is 0. The average Bonchev–Trinajstić information content (AvgIpc) is 2.76. The van der Waals surface area contributed by atoms with Crippen LogP contribution in [0, 0.1) is 5.82 Å². The number of nitrogens with zero attached hydrogens (tertiary/aromatic N) is 1. The maximum atomic E-state index is 13.5. The number of rotatable bonds is 2. The molecule has 3 rings (SSSR count). The van der Waals surface area contributed by atoms with Crippen molar-refractivity contribution in [2.45, 2.75) is 6.42 Å². The Bertz CT molecular complexity index is 703. The summed E-state index contributed by atoms with van der Waals surface area (Å²) in [6.07, 6.45) is 0.570. The summed E-state index contributed by atoms with van der Waals surface area (Å²) < 4.78 is 13.5. The zero-order valence-electron chi connectivity index (χ0n) is 9.65. The van der Waals surface area contributed by atoms with Gasteiger partial charge in [0.25, 0.3) is 0 Å². The minimum absolute atomic E-state index is 0.309. The molecule has 0 saturated heterocycles. The van der Waals surface area contributed by atoms with Crippen LogP contribution >= 0.6 is 0 Å². The van der Waals surface area contributed by atoms with Crippen LogP contribution in [0.1, 0.15) is 11.4 Å². The van der Waals surface area contributed by atoms with E-state index in [1.807, 2.05) is 30.3 Å². The highest BCUT2D eigenvalue weighted by atomic mass is 19.1. The number of nitrogens with two attached hydrogens (primary N) is 1. The molecule has 4 heteroatoms. The molecule has 0 spiro atoms. The lowest BCUT2D eigenvalue weighted by Crippen LogP contribution is -1.96. The van der Waals surface area contributed by atoms with E-state index in [4.69, 9.17) is 5.73 Å². The lowest BCUT2D eigenvalue weighted by Gasteiger charge is -2.01. The van der Waals surface area contributed by atoms with Crippen molar-refractivity contribution in [1.82, 2.24) is 9.97 Å². The molecule has 0 aliphatic carbocycles. The van der Waals surface area contributed by atoms with Crippen LogP contribution in [0.5, 0.6) is 0 Å². The first kappa shape index (κ1) is 10.8. The molecule has 1 heterocycles. The number of para-hydroxylation sites is 2. The third-order valence-electron chi connectivity index (χ3n) is 2.93. The Morgan fingerprint density at radius 3 is 2.72 bits per heavy atom. The van der Waals surface area contributed by atoms with E-state index in [1.54, 1.807) is 6.07 Å². The van der Waals surface area contributed by atoms with Gasteiger partial charge in [0.2, 0.25) is 0 Å². The van der Waals surface area contributed by atoms with Crippen molar-refractivity contribution < 1.29 is 4.39 Å². The Hall–Kier alpha value is -2.36. The van der Waals surface area contributed by atoms with Gasteiger partial charge in [-0.25, -0.2) is 9.37 Å². The van der Waals surface area contributed by atoms with Crippen molar-refractivity contribution >= 4 is 16.7 Å². The van der Waals surface area contributed by atoms with Gasteiger partial charge in [0, 0.05) is 12.1 Å². The number of aromatic amines is 1. The molecule has 2 aromatic carbocycles. The summed E-state index contributed by atoms with van der Waals surface area (Å²) in [5, 5.41) is 0. The van der Waals surface area contributed by atoms with Crippen molar-refractivity contribution in [1.29, 1.82) is 0 Å². The quantitative estimate of drug-likeness (QED) is 0.678. The number of hydrogen-bond donors (Lipinski definition) is 2. The van der Waals surface area contributed by atoms with Crippen LogP contribution in [0.3, 0.4) is 0 Å². The molecule has 18 heavy (non-hydrogen) atoms. The molecule has 0 radical (unpaired) electrons. The number of benzene rings is 2. The number of H-pyrrole nitrogens is 1. The van der Waals surface area contributed by atoms with Crippen molar-refractivity contribution in [3.8, 4) is 0 Å². The van der Waals surface area contributed by atoms with Gasteiger partial charge >= 0.3 is 0 Å². The van der Waals surface area contributed by atoms with E-state index in [1.165, 1.54) is 6.07 Å². The molecule has 0 atom stereocenters. The summed E-state index contributed by atoms with van der Waals surface area (Å²) in [6.45, 7) is 0. The van der Waals surface area contributed by atoms with Crippen molar-refractivity contribution in [3.63, 3.8) is 0 Å². The standard InChI is InChI=1S/C14H12FN3/c15-10-5-3-7-12-14(10)18-13(17-12)8-9-4-1-2-6-11(9)16/h1-7H,8,16H2,(H,17,18). The second-order valence-electron chi connectivity index (χ2n) is 4.20. The highest BCUT2D eigenvalue weighted by Gasteiger charge is 2.08. The van der Waals surface area contributed by atoms with Gasteiger partial charge in [-0.1, -0.05) is 24.3 Å². The summed E-state index contributed by atoms with van der Waals surface area (Å²) in [5.41, 5.74) is 8.67. The second-order valence-corrected chi connectivity index (χ2v) is 4.20. The third kappa shape index (κ3) is 1.82. The molecule has 3 N–H and O–H groups in total. The third-order valence-corrected chi connectivity index (χ3v) is 2.93. The highest BCUT2D eigenvalue weighted by Crippen LogP contribution is 2.19. The number of aromatic nitrogens is 2. The predicted octanol–water partition coefficient (Wildman–Crippen LogP) is 2.88. The van der Waals surface area contributed by atoms with Gasteiger partial charge in [-0.05, 0) is 23.8 Å². The van der Waals surface area contributed by atoms with Gasteiger partial charge in [0.1, 0.15) is 11.3 Å². The normalized spacial score (nSPS) is 10.9. The number of halogens is 1. The van der Waals surface area contributed by atoms with E-state index < -0.39 is 0 Å². The average molecular weight is 241 g/mol. The van der Waals surface area contributed by atoms with Gasteiger partial charge in [-0.15, -0.1) is 0 Å². The molecule has 0 saturated carbocycles. The molecule has 0 amide bonds. The Labute approximate surface area is 103 Å². The van der Waals surface area contributed by atoms with Crippen molar-refractivity contribution in [2.75, 3.05) is 5.73 Å². The van der Waals surface area contributed by atoms with Crippen LogP contribution in [-0.2, 0) is 6.42 Å². The van der Waals surface area contributed by atoms with Crippen LogP contribution in [0.15, 0.2) is 42.5 Å². The summed E-state index contributed by atoms with van der Waals surface area (Å²) in [4.78, 5) is 7.37. The first-order valence-corrected chi connectivity index (χ1v) is 5.70. The number of fused-ring (bicyclic) bond motifs is 1. The Morgan fingerprint density at radius 1 is 1.11 bits per heavy atom. The molecule has 1 aromatic heterocycles. The van der Waals surface area contributed by atoms with Crippen LogP contribution in [-0.4, -0.2) is 9.97 Å². The smallest absolute Gasteiger partial charge is 0.151 e. The fourth-order valence-electron chi connectivity index (χ4n) is 2.01. The molecule has 0 aliphatic rings. The lowest BCUT2D eigenvalue weighted by molar-refractivity contribution is 0.637. The topological polar surface area (TPSA) is 54.7 Å². The first-order valence-electron chi connectivity index (χ1n) is 5.70. The molecule has 0 fully saturated rings. The molecule has 3 nitrogen and oxygen atoms in total. The maximum Gasteiger partial charge on any atom is 0.151 e. The number of nitrogen functional groups attached to an aromatic ring is 1. The van der Waals surface area contributed by atoms with Gasteiger partial charge in [0.15, 0.2) is 5.82 Å². The second kappa shape index (κ2) is 4.14. The van der Waals surface area contributed by atoms with E-state index in [-0.39, 0.29) is 5.82 Å². The Kier molecular flexibility index (Phi) is 2.48. The molecular weight excluding hydrogens is 229 g/mol. The Balaban J connectivity index is 2.01. The fourth-order valence-corrected chi connectivity index (χ4v) is 2.01. The Morgan fingerprint density at radius 2 is 1.94 bits per heavy atom. The first-order chi connectivity index (χ1) is 8.74. The minimum atomic E-state index is -0.309. The summed E-state index contributed by atoms with van der Waals surface area (Å²) in [7, 11) is 0. The zero-order valence-corrected chi connectivity index (χ0v) is 9.65. The largest absolute Gasteiger partial charge is 0.398 e. The predicted molar refractivity (Wildman–Crippen MR) is 69.7 cm³/mol. The number of imidazole rings is 1. The molecule has 90 valence electrons. The van der Waals surface area contributed by atoms with E-state index >= 15 is 0 Å². The number of hydrogen-bond acceptors (Lipinski definition) is 2. The molecule has 0 unspecified atom stereocenters. The molecule has 0 bridgehead atoms. The highest BCUT2D eigenvalue weighted by molar-refractivity contribution is 5.75. The van der Waals surface area contributed by atoms with Gasteiger partial charge in [-0.3, -0.25) is 0 Å². The van der Waals surface area contributed by atoms with Gasteiger partial charge in [0.05, 0.1) is 5.52 Å². The monoisotopic (exact) mass is 241 g/mol. The summed E-state index contributed by atoms with van der Waals surface area (Å²) in [5.74, 6) is 0.407. The van der Waals surface area contributed by atoms with Crippen LogP contribution in [0.2, 0.25) is 0 Å². The summed E-state index contributed by atoms with van der Waals surface area (Å²) in [6, 6.07) is 12.5. The van der Waals surface area contributed by atoms with E-state index in [0.29, 0.717) is 23.3 Å². The zero-order chi connectivity index (χ0) is 12.5. The maximum absolute atomic E-state index is 13.5. The van der Waals surface area contributed by atoms with Crippen molar-refractivity contribution in [3.05, 3.63) is 59.7 Å². The lowest BCUT2D eigenvalue weighted by atomic mass is 10.1. The minimum Gasteiger partial charge on any atom is -0.398 e. The molecule has 3 aromatic rings. The molecular formula is C14H12FN3. The molecule has 0 aliphatic heterocycles. The van der Waals surface area contributed by atoms with E-state index in [2.05, 4.69) is 9.97 Å². The SMILES string of the molecule is Nc1ccccc1Cc1nc2c(F)cccc2[nH]1. The van der Waals surface area contributed by atoms with E-state index in [9.17, 15) is 4.39 Å². The van der Waals surface area contributed by atoms with Crippen LogP contribution < -0.4 is 5.73 Å². The number of nitrogens with one attached hydrogen (secondary N) is 1. The fraction of sp³-hybridized carbons (Fsp3) is 0.0714. The van der Waals surface area contributed by atoms with Gasteiger partial charge in [-0.2, -0.15) is 0 Å².